The lowest BCUT2D eigenvalue weighted by atomic mass is 10.0. The van der Waals surface area contributed by atoms with Crippen molar-refractivity contribution in [3.8, 4) is 0 Å². The summed E-state index contributed by atoms with van der Waals surface area (Å²) in [6.45, 7) is 3.58. The molecule has 7 heteroatoms. The lowest BCUT2D eigenvalue weighted by molar-refractivity contribution is -0.119. The number of rotatable bonds is 5. The van der Waals surface area contributed by atoms with Crippen molar-refractivity contribution in [2.45, 2.75) is 19.9 Å². The number of pyridine rings is 1. The van der Waals surface area contributed by atoms with Crippen LogP contribution < -0.4 is 16.8 Å². The molecule has 7 nitrogen and oxygen atoms in total. The number of primary amides is 1. The number of carbonyl (C=O) groups is 2. The highest BCUT2D eigenvalue weighted by atomic mass is 16.4. The van der Waals surface area contributed by atoms with E-state index in [1.807, 2.05) is 0 Å². The summed E-state index contributed by atoms with van der Waals surface area (Å²) < 4.78 is 0. The molecule has 0 radical (unpaired) electrons. The Balaban J connectivity index is 3.10. The van der Waals surface area contributed by atoms with Gasteiger partial charge in [-0.2, -0.15) is 0 Å². The second-order valence-electron chi connectivity index (χ2n) is 4.24. The predicted octanol–water partition coefficient (Wildman–Crippen LogP) is 0.284. The molecule has 0 saturated carbocycles. The minimum atomic E-state index is -1.18. The fraction of sp³-hybridized carbons (Fsp3) is 0.364. The molecular formula is C11H16N4O3. The fourth-order valence-electron chi connectivity index (χ4n) is 1.47. The molecule has 0 saturated heterocycles. The molecule has 0 fully saturated rings. The standard InChI is InChI=1S/C11H16N4O3/c1-5(2)8(9(13)16)15-10-7(11(17)18)3-6(12)4-14-10/h3-5,8H,12H2,1-2H3,(H2,13,16)(H,14,15)(H,17,18). The van der Waals surface area contributed by atoms with Gasteiger partial charge in [0.1, 0.15) is 17.4 Å². The average Bonchev–Trinajstić information content (AvgIpc) is 2.25. The second-order valence-corrected chi connectivity index (χ2v) is 4.24. The lowest BCUT2D eigenvalue weighted by Crippen LogP contribution is -2.40. The van der Waals surface area contributed by atoms with Crippen LogP contribution in [0.4, 0.5) is 11.5 Å². The molecule has 18 heavy (non-hydrogen) atoms. The minimum absolute atomic E-state index is 0.0780. The maximum Gasteiger partial charge on any atom is 0.339 e. The van der Waals surface area contributed by atoms with Crippen LogP contribution in [0.15, 0.2) is 12.3 Å². The van der Waals surface area contributed by atoms with Gasteiger partial charge in [-0.05, 0) is 12.0 Å². The van der Waals surface area contributed by atoms with E-state index in [1.54, 1.807) is 13.8 Å². The van der Waals surface area contributed by atoms with Crippen LogP contribution in [0.3, 0.4) is 0 Å². The average molecular weight is 252 g/mol. The molecule has 0 aliphatic rings. The van der Waals surface area contributed by atoms with E-state index < -0.39 is 17.9 Å². The number of carboxylic acid groups (broad SMARTS) is 1. The lowest BCUT2D eigenvalue weighted by Gasteiger charge is -2.20. The third-order valence-electron chi connectivity index (χ3n) is 2.40. The molecule has 0 bridgehead atoms. The Morgan fingerprint density at radius 2 is 2.06 bits per heavy atom. The summed E-state index contributed by atoms with van der Waals surface area (Å²) in [5.74, 6) is -1.76. The number of anilines is 2. The van der Waals surface area contributed by atoms with Gasteiger partial charge in [0.15, 0.2) is 0 Å². The van der Waals surface area contributed by atoms with Gasteiger partial charge in [-0.1, -0.05) is 13.8 Å². The number of amides is 1. The topological polar surface area (TPSA) is 131 Å². The molecule has 1 aromatic rings. The van der Waals surface area contributed by atoms with Crippen LogP contribution in [0.5, 0.6) is 0 Å². The van der Waals surface area contributed by atoms with Crippen LogP contribution in [-0.2, 0) is 4.79 Å². The first kappa shape index (κ1) is 13.8. The first-order chi connectivity index (χ1) is 8.32. The Morgan fingerprint density at radius 3 is 2.50 bits per heavy atom. The highest BCUT2D eigenvalue weighted by Crippen LogP contribution is 2.18. The van der Waals surface area contributed by atoms with Gasteiger partial charge in [-0.15, -0.1) is 0 Å². The van der Waals surface area contributed by atoms with E-state index in [-0.39, 0.29) is 23.0 Å². The van der Waals surface area contributed by atoms with Crippen LogP contribution in [0, 0.1) is 5.92 Å². The van der Waals surface area contributed by atoms with Crippen molar-refractivity contribution in [3.05, 3.63) is 17.8 Å². The van der Waals surface area contributed by atoms with E-state index in [1.165, 1.54) is 12.3 Å². The van der Waals surface area contributed by atoms with E-state index in [2.05, 4.69) is 10.3 Å². The van der Waals surface area contributed by atoms with Gasteiger partial charge in [-0.3, -0.25) is 4.79 Å². The zero-order valence-electron chi connectivity index (χ0n) is 10.2. The van der Waals surface area contributed by atoms with E-state index >= 15 is 0 Å². The van der Waals surface area contributed by atoms with Crippen molar-refractivity contribution in [2.75, 3.05) is 11.1 Å². The summed E-state index contributed by atoms with van der Waals surface area (Å²) in [6, 6.07) is 0.579. The summed E-state index contributed by atoms with van der Waals surface area (Å²) in [5.41, 5.74) is 10.8. The van der Waals surface area contributed by atoms with Crippen LogP contribution in [0.25, 0.3) is 0 Å². The Labute approximate surface area is 104 Å². The summed E-state index contributed by atoms with van der Waals surface area (Å²) in [6.07, 6.45) is 1.31. The summed E-state index contributed by atoms with van der Waals surface area (Å²) in [5, 5.41) is 11.8. The molecule has 0 spiro atoms. The summed E-state index contributed by atoms with van der Waals surface area (Å²) in [4.78, 5) is 26.2. The molecule has 98 valence electrons. The monoisotopic (exact) mass is 252 g/mol. The maximum absolute atomic E-state index is 11.3. The molecule has 1 aromatic heterocycles. The number of hydrogen-bond acceptors (Lipinski definition) is 5. The van der Waals surface area contributed by atoms with Gasteiger partial charge in [-0.25, -0.2) is 9.78 Å². The molecule has 6 N–H and O–H groups in total. The third-order valence-corrected chi connectivity index (χ3v) is 2.40. The van der Waals surface area contributed by atoms with Crippen molar-refractivity contribution in [1.82, 2.24) is 4.98 Å². The van der Waals surface area contributed by atoms with Crippen LogP contribution >= 0.6 is 0 Å². The van der Waals surface area contributed by atoms with E-state index in [9.17, 15) is 9.59 Å². The van der Waals surface area contributed by atoms with Gasteiger partial charge < -0.3 is 21.9 Å². The van der Waals surface area contributed by atoms with Crippen molar-refractivity contribution in [3.63, 3.8) is 0 Å². The fourth-order valence-corrected chi connectivity index (χ4v) is 1.47. The quantitative estimate of drug-likeness (QED) is 0.595. The Morgan fingerprint density at radius 1 is 1.44 bits per heavy atom. The third kappa shape index (κ3) is 3.09. The smallest absolute Gasteiger partial charge is 0.339 e. The van der Waals surface area contributed by atoms with Gasteiger partial charge in [0.2, 0.25) is 5.91 Å². The molecule has 1 rings (SSSR count). The van der Waals surface area contributed by atoms with Gasteiger partial charge >= 0.3 is 5.97 Å². The predicted molar refractivity (Wildman–Crippen MR) is 67.1 cm³/mol. The van der Waals surface area contributed by atoms with Crippen molar-refractivity contribution in [1.29, 1.82) is 0 Å². The second kappa shape index (κ2) is 5.35. The van der Waals surface area contributed by atoms with Gasteiger partial charge in [0.05, 0.1) is 11.9 Å². The van der Waals surface area contributed by atoms with Crippen molar-refractivity contribution in [2.24, 2.45) is 11.7 Å². The van der Waals surface area contributed by atoms with E-state index in [0.29, 0.717) is 0 Å². The van der Waals surface area contributed by atoms with Crippen LogP contribution in [0.1, 0.15) is 24.2 Å². The molecule has 0 aliphatic heterocycles. The van der Waals surface area contributed by atoms with Crippen LogP contribution in [0.2, 0.25) is 0 Å². The largest absolute Gasteiger partial charge is 0.478 e. The van der Waals surface area contributed by atoms with Crippen molar-refractivity contribution < 1.29 is 14.7 Å². The zero-order chi connectivity index (χ0) is 13.9. The molecule has 0 aromatic carbocycles. The van der Waals surface area contributed by atoms with Gasteiger partial charge in [0, 0.05) is 0 Å². The van der Waals surface area contributed by atoms with Gasteiger partial charge in [0.25, 0.3) is 0 Å². The number of nitrogens with zero attached hydrogens (tertiary/aromatic N) is 1. The summed E-state index contributed by atoms with van der Waals surface area (Å²) in [7, 11) is 0. The highest BCUT2D eigenvalue weighted by Gasteiger charge is 2.22. The van der Waals surface area contributed by atoms with E-state index in [0.717, 1.165) is 0 Å². The first-order valence-electron chi connectivity index (χ1n) is 5.37. The zero-order valence-corrected chi connectivity index (χ0v) is 10.2. The molecule has 0 aliphatic carbocycles. The normalized spacial score (nSPS) is 12.2. The molecule has 1 atom stereocenters. The summed E-state index contributed by atoms with van der Waals surface area (Å²) >= 11 is 0. The maximum atomic E-state index is 11.3. The number of nitrogen functional groups attached to an aromatic ring is 1. The SMILES string of the molecule is CC(C)C(Nc1ncc(N)cc1C(=O)O)C(N)=O. The number of nitrogens with one attached hydrogen (secondary N) is 1. The highest BCUT2D eigenvalue weighted by molar-refractivity contribution is 5.95. The Kier molecular flexibility index (Phi) is 4.09. The molecule has 1 amide bonds. The molecule has 1 heterocycles. The Hall–Kier alpha value is -2.31. The molecular weight excluding hydrogens is 236 g/mol. The number of aromatic nitrogens is 1. The minimum Gasteiger partial charge on any atom is -0.478 e. The van der Waals surface area contributed by atoms with E-state index in [4.69, 9.17) is 16.6 Å². The van der Waals surface area contributed by atoms with Crippen molar-refractivity contribution >= 4 is 23.4 Å². The number of carbonyl (C=O) groups excluding carboxylic acids is 1. The number of aromatic carboxylic acids is 1. The number of hydrogen-bond donors (Lipinski definition) is 4. The Bertz CT molecular complexity index is 473. The number of nitrogens with two attached hydrogens (primary N) is 2. The number of carboxylic acids is 1. The van der Waals surface area contributed by atoms with Crippen LogP contribution in [-0.4, -0.2) is 28.0 Å². The molecule has 1 unspecified atom stereocenters. The first-order valence-corrected chi connectivity index (χ1v) is 5.37.